The van der Waals surface area contributed by atoms with Crippen molar-refractivity contribution < 1.29 is 9.18 Å². The average molecular weight is 391 g/mol. The zero-order valence-electron chi connectivity index (χ0n) is 16.6. The van der Waals surface area contributed by atoms with Gasteiger partial charge in [-0.15, -0.1) is 0 Å². The Bertz CT molecular complexity index is 1030. The van der Waals surface area contributed by atoms with Crippen molar-refractivity contribution in [2.45, 2.75) is 32.2 Å². The summed E-state index contributed by atoms with van der Waals surface area (Å²) < 4.78 is 14.5. The zero-order valence-corrected chi connectivity index (χ0v) is 16.6. The number of carbonyl (C=O) groups is 1. The number of hydrogen-bond donors (Lipinski definition) is 2. The molecule has 1 aliphatic rings. The average Bonchev–Trinajstić information content (AvgIpc) is 3.10. The molecule has 0 aliphatic carbocycles. The highest BCUT2D eigenvalue weighted by molar-refractivity contribution is 5.87. The molecule has 0 bridgehead atoms. The van der Waals surface area contributed by atoms with Crippen LogP contribution in [0, 0.1) is 28.5 Å². The highest BCUT2D eigenvalue weighted by atomic mass is 19.1. The van der Waals surface area contributed by atoms with Crippen LogP contribution in [0.4, 0.5) is 15.8 Å². The van der Waals surface area contributed by atoms with Crippen LogP contribution in [-0.2, 0) is 10.2 Å². The molecule has 1 aliphatic heterocycles. The van der Waals surface area contributed by atoms with Gasteiger partial charge in [-0.25, -0.2) is 4.39 Å². The van der Waals surface area contributed by atoms with Crippen LogP contribution in [0.3, 0.4) is 0 Å². The van der Waals surface area contributed by atoms with Crippen LogP contribution in [0.25, 0.3) is 0 Å². The van der Waals surface area contributed by atoms with Gasteiger partial charge in [0.15, 0.2) is 0 Å². The van der Waals surface area contributed by atoms with E-state index in [0.29, 0.717) is 29.0 Å². The number of rotatable bonds is 5. The lowest BCUT2D eigenvalue weighted by Crippen LogP contribution is -2.38. The third kappa shape index (κ3) is 4.00. The van der Waals surface area contributed by atoms with Gasteiger partial charge in [0.1, 0.15) is 11.9 Å². The second kappa shape index (κ2) is 7.81. The van der Waals surface area contributed by atoms with E-state index in [2.05, 4.69) is 22.8 Å². The van der Waals surface area contributed by atoms with Gasteiger partial charge in [0.2, 0.25) is 5.91 Å². The highest BCUT2D eigenvalue weighted by Gasteiger charge is 2.26. The SMILES string of the molecule is CC(NC(=O)CN1CNc2cccc(C#N)c21)c1ccc(C(C)(C)C#N)c(F)c1. The van der Waals surface area contributed by atoms with E-state index in [0.717, 1.165) is 5.69 Å². The fourth-order valence-electron chi connectivity index (χ4n) is 3.42. The third-order valence-corrected chi connectivity index (χ3v) is 5.09. The molecule has 0 saturated carbocycles. The number of anilines is 2. The molecule has 29 heavy (non-hydrogen) atoms. The molecule has 3 rings (SSSR count). The number of nitrogens with one attached hydrogen (secondary N) is 2. The number of nitrogens with zero attached hydrogens (tertiary/aromatic N) is 3. The molecule has 0 saturated heterocycles. The van der Waals surface area contributed by atoms with Gasteiger partial charge in [0, 0.05) is 5.56 Å². The lowest BCUT2D eigenvalue weighted by molar-refractivity contribution is -0.120. The first-order chi connectivity index (χ1) is 13.8. The summed E-state index contributed by atoms with van der Waals surface area (Å²) in [6, 6.07) is 13.9. The normalized spacial score (nSPS) is 13.7. The van der Waals surface area contributed by atoms with Gasteiger partial charge in [-0.2, -0.15) is 10.5 Å². The van der Waals surface area contributed by atoms with E-state index in [1.54, 1.807) is 49.9 Å². The Kier molecular flexibility index (Phi) is 5.43. The Morgan fingerprint density at radius 2 is 2.10 bits per heavy atom. The van der Waals surface area contributed by atoms with E-state index in [9.17, 15) is 19.7 Å². The van der Waals surface area contributed by atoms with Gasteiger partial charge < -0.3 is 15.5 Å². The quantitative estimate of drug-likeness (QED) is 0.813. The van der Waals surface area contributed by atoms with Crippen molar-refractivity contribution in [2.75, 3.05) is 23.4 Å². The molecule has 1 amide bonds. The van der Waals surface area contributed by atoms with E-state index in [-0.39, 0.29) is 12.5 Å². The van der Waals surface area contributed by atoms with Crippen molar-refractivity contribution in [2.24, 2.45) is 0 Å². The number of halogens is 1. The number of amides is 1. The van der Waals surface area contributed by atoms with E-state index < -0.39 is 17.3 Å². The van der Waals surface area contributed by atoms with Gasteiger partial charge in [-0.1, -0.05) is 18.2 Å². The Hall–Kier alpha value is -3.58. The van der Waals surface area contributed by atoms with Crippen molar-refractivity contribution in [1.82, 2.24) is 5.32 Å². The number of para-hydroxylation sites is 1. The lowest BCUT2D eigenvalue weighted by Gasteiger charge is -2.22. The smallest absolute Gasteiger partial charge is 0.240 e. The molecule has 7 heteroatoms. The third-order valence-electron chi connectivity index (χ3n) is 5.09. The van der Waals surface area contributed by atoms with Crippen LogP contribution in [0.5, 0.6) is 0 Å². The summed E-state index contributed by atoms with van der Waals surface area (Å²) in [6.07, 6.45) is 0. The molecule has 1 atom stereocenters. The van der Waals surface area contributed by atoms with Gasteiger partial charge in [-0.05, 0) is 44.5 Å². The predicted octanol–water partition coefficient (Wildman–Crippen LogP) is 3.57. The minimum atomic E-state index is -0.927. The van der Waals surface area contributed by atoms with Gasteiger partial charge >= 0.3 is 0 Å². The lowest BCUT2D eigenvalue weighted by atomic mass is 9.85. The van der Waals surface area contributed by atoms with E-state index in [1.807, 2.05) is 6.07 Å². The number of benzene rings is 2. The molecule has 0 fully saturated rings. The predicted molar refractivity (Wildman–Crippen MR) is 109 cm³/mol. The highest BCUT2D eigenvalue weighted by Crippen LogP contribution is 2.34. The first-order valence-electron chi connectivity index (χ1n) is 9.29. The van der Waals surface area contributed by atoms with E-state index in [4.69, 9.17) is 0 Å². The molecule has 148 valence electrons. The monoisotopic (exact) mass is 391 g/mol. The van der Waals surface area contributed by atoms with Crippen molar-refractivity contribution in [1.29, 1.82) is 10.5 Å². The molecule has 0 aromatic heterocycles. The van der Waals surface area contributed by atoms with Crippen LogP contribution < -0.4 is 15.5 Å². The fraction of sp³-hybridized carbons (Fsp3) is 0.318. The van der Waals surface area contributed by atoms with Crippen molar-refractivity contribution in [3.8, 4) is 12.1 Å². The molecule has 1 heterocycles. The van der Waals surface area contributed by atoms with Crippen molar-refractivity contribution >= 4 is 17.3 Å². The number of fused-ring (bicyclic) bond motifs is 1. The second-order valence-corrected chi connectivity index (χ2v) is 7.61. The van der Waals surface area contributed by atoms with Crippen molar-refractivity contribution in [3.05, 3.63) is 58.9 Å². The first-order valence-corrected chi connectivity index (χ1v) is 9.29. The van der Waals surface area contributed by atoms with Crippen molar-refractivity contribution in [3.63, 3.8) is 0 Å². The van der Waals surface area contributed by atoms with E-state index >= 15 is 0 Å². The minimum absolute atomic E-state index is 0.0745. The largest absolute Gasteiger partial charge is 0.366 e. The molecule has 0 spiro atoms. The van der Waals surface area contributed by atoms with Crippen LogP contribution in [0.15, 0.2) is 36.4 Å². The Labute approximate surface area is 169 Å². The molecule has 2 aromatic rings. The molecular weight excluding hydrogens is 369 g/mol. The molecular formula is C22H22FN5O. The summed E-state index contributed by atoms with van der Waals surface area (Å²) in [5.74, 6) is -0.701. The minimum Gasteiger partial charge on any atom is -0.366 e. The number of nitriles is 2. The van der Waals surface area contributed by atoms with Crippen LogP contribution in [0.1, 0.15) is 43.5 Å². The molecule has 6 nitrogen and oxygen atoms in total. The van der Waals surface area contributed by atoms with E-state index in [1.165, 1.54) is 6.07 Å². The molecule has 0 radical (unpaired) electrons. The van der Waals surface area contributed by atoms with Gasteiger partial charge in [-0.3, -0.25) is 4.79 Å². The molecule has 2 N–H and O–H groups in total. The molecule has 1 unspecified atom stereocenters. The standard InChI is InChI=1S/C22H22FN5O/c1-14(15-7-8-17(18(23)9-15)22(2,3)12-25)27-20(29)11-28-13-26-19-6-4-5-16(10-24)21(19)28/h4-9,14,26H,11,13H2,1-3H3,(H,27,29). The first kappa shape index (κ1) is 20.2. The maximum Gasteiger partial charge on any atom is 0.240 e. The molecule has 2 aromatic carbocycles. The maximum absolute atomic E-state index is 14.5. The van der Waals surface area contributed by atoms with Gasteiger partial charge in [0.05, 0.1) is 47.7 Å². The van der Waals surface area contributed by atoms with Crippen LogP contribution >= 0.6 is 0 Å². The number of hydrogen-bond acceptors (Lipinski definition) is 5. The topological polar surface area (TPSA) is 91.9 Å². The fourth-order valence-corrected chi connectivity index (χ4v) is 3.42. The summed E-state index contributed by atoms with van der Waals surface area (Å²) in [4.78, 5) is 14.4. The Morgan fingerprint density at radius 3 is 2.76 bits per heavy atom. The summed E-state index contributed by atoms with van der Waals surface area (Å²) in [6.45, 7) is 5.60. The zero-order chi connectivity index (χ0) is 21.2. The summed E-state index contributed by atoms with van der Waals surface area (Å²) in [7, 11) is 0. The summed E-state index contributed by atoms with van der Waals surface area (Å²) in [5, 5.41) is 24.6. The number of carbonyl (C=O) groups excluding carboxylic acids is 1. The maximum atomic E-state index is 14.5. The Balaban J connectivity index is 1.70. The Morgan fingerprint density at radius 1 is 1.34 bits per heavy atom. The second-order valence-electron chi connectivity index (χ2n) is 7.61. The van der Waals surface area contributed by atoms with Crippen LogP contribution in [0.2, 0.25) is 0 Å². The summed E-state index contributed by atoms with van der Waals surface area (Å²) in [5.41, 5.74) is 2.06. The van der Waals surface area contributed by atoms with Gasteiger partial charge in [0.25, 0.3) is 0 Å². The summed E-state index contributed by atoms with van der Waals surface area (Å²) >= 11 is 0. The van der Waals surface area contributed by atoms with Crippen LogP contribution in [-0.4, -0.2) is 19.1 Å².